The number of rotatable bonds is 5. The van der Waals surface area contributed by atoms with Crippen LogP contribution in [-0.2, 0) is 0 Å². The molecule has 0 bridgehead atoms. The van der Waals surface area contributed by atoms with Crippen LogP contribution >= 0.6 is 0 Å². The molecule has 136 valence electrons. The Balaban J connectivity index is 1.71. The molecule has 3 rings (SSSR count). The number of nitrogens with zero attached hydrogens (tertiary/aromatic N) is 1. The molecule has 2 aromatic rings. The van der Waals surface area contributed by atoms with E-state index in [-0.39, 0.29) is 11.8 Å². The number of benzene rings is 2. The summed E-state index contributed by atoms with van der Waals surface area (Å²) in [6, 6.07) is 16.2. The first-order valence-corrected chi connectivity index (χ1v) is 9.08. The summed E-state index contributed by atoms with van der Waals surface area (Å²) in [5, 5.41) is 6.09. The topological polar surface area (TPSA) is 61.4 Å². The molecule has 1 aliphatic heterocycles. The highest BCUT2D eigenvalue weighted by molar-refractivity contribution is 6.09. The minimum absolute atomic E-state index is 0.0168. The van der Waals surface area contributed by atoms with Gasteiger partial charge in [-0.05, 0) is 56.6 Å². The number of amides is 2. The van der Waals surface area contributed by atoms with Crippen molar-refractivity contribution < 1.29 is 9.59 Å². The van der Waals surface area contributed by atoms with Crippen molar-refractivity contribution in [3.63, 3.8) is 0 Å². The molecule has 0 aliphatic carbocycles. The minimum Gasteiger partial charge on any atom is -0.339 e. The van der Waals surface area contributed by atoms with Gasteiger partial charge in [-0.1, -0.05) is 30.3 Å². The average molecular weight is 351 g/mol. The third-order valence-corrected chi connectivity index (χ3v) is 4.84. The molecule has 26 heavy (non-hydrogen) atoms. The highest BCUT2D eigenvalue weighted by atomic mass is 16.2. The number of nitrogens with one attached hydrogen (secondary N) is 2. The van der Waals surface area contributed by atoms with Gasteiger partial charge in [-0.15, -0.1) is 0 Å². The zero-order chi connectivity index (χ0) is 18.4. The van der Waals surface area contributed by atoms with Crippen molar-refractivity contribution in [1.29, 1.82) is 0 Å². The summed E-state index contributed by atoms with van der Waals surface area (Å²) < 4.78 is 0. The van der Waals surface area contributed by atoms with Gasteiger partial charge in [-0.2, -0.15) is 0 Å². The fraction of sp³-hybridized carbons (Fsp3) is 0.333. The van der Waals surface area contributed by atoms with Gasteiger partial charge in [-0.3, -0.25) is 9.59 Å². The van der Waals surface area contributed by atoms with Crippen LogP contribution in [0.15, 0.2) is 54.6 Å². The quantitative estimate of drug-likeness (QED) is 0.870. The zero-order valence-electron chi connectivity index (χ0n) is 15.1. The Morgan fingerprint density at radius 1 is 1.00 bits per heavy atom. The van der Waals surface area contributed by atoms with Gasteiger partial charge in [-0.25, -0.2) is 0 Å². The molecule has 0 saturated carbocycles. The highest BCUT2D eigenvalue weighted by Crippen LogP contribution is 2.22. The molecule has 0 atom stereocenters. The van der Waals surface area contributed by atoms with Crippen molar-refractivity contribution in [2.45, 2.75) is 12.8 Å². The molecule has 1 heterocycles. The van der Waals surface area contributed by atoms with Gasteiger partial charge in [0.2, 0.25) is 0 Å². The maximum absolute atomic E-state index is 13.0. The Morgan fingerprint density at radius 3 is 2.35 bits per heavy atom. The molecule has 0 radical (unpaired) electrons. The van der Waals surface area contributed by atoms with E-state index < -0.39 is 0 Å². The van der Waals surface area contributed by atoms with E-state index in [1.165, 1.54) is 0 Å². The predicted molar refractivity (Wildman–Crippen MR) is 103 cm³/mol. The summed E-state index contributed by atoms with van der Waals surface area (Å²) in [4.78, 5) is 27.3. The maximum atomic E-state index is 13.0. The monoisotopic (exact) mass is 351 g/mol. The normalized spacial score (nSPS) is 14.9. The molecule has 2 aromatic carbocycles. The molecule has 1 saturated heterocycles. The Hall–Kier alpha value is -2.66. The summed E-state index contributed by atoms with van der Waals surface area (Å²) >= 11 is 0. The van der Waals surface area contributed by atoms with Crippen molar-refractivity contribution in [2.75, 3.05) is 32.0 Å². The Bertz CT molecular complexity index is 753. The Morgan fingerprint density at radius 2 is 1.65 bits per heavy atom. The van der Waals surface area contributed by atoms with E-state index in [0.717, 1.165) is 32.5 Å². The first-order chi connectivity index (χ1) is 12.7. The number of hydrogen-bond acceptors (Lipinski definition) is 3. The molecular weight excluding hydrogens is 326 g/mol. The van der Waals surface area contributed by atoms with E-state index >= 15 is 0 Å². The number of carbonyl (C=O) groups is 2. The van der Waals surface area contributed by atoms with Crippen LogP contribution in [0.2, 0.25) is 0 Å². The minimum atomic E-state index is -0.210. The number of hydrogen-bond donors (Lipinski definition) is 2. The van der Waals surface area contributed by atoms with Crippen LogP contribution in [0.3, 0.4) is 0 Å². The van der Waals surface area contributed by atoms with Crippen LogP contribution in [-0.4, -0.2) is 43.4 Å². The lowest BCUT2D eigenvalue weighted by Crippen LogP contribution is -2.40. The molecule has 0 spiro atoms. The van der Waals surface area contributed by atoms with Crippen LogP contribution in [0.1, 0.15) is 33.6 Å². The van der Waals surface area contributed by atoms with E-state index in [0.29, 0.717) is 22.7 Å². The van der Waals surface area contributed by atoms with Gasteiger partial charge in [0.1, 0.15) is 0 Å². The van der Waals surface area contributed by atoms with Crippen molar-refractivity contribution in [1.82, 2.24) is 10.2 Å². The zero-order valence-corrected chi connectivity index (χ0v) is 15.1. The molecule has 0 unspecified atom stereocenters. The third-order valence-electron chi connectivity index (χ3n) is 4.84. The first kappa shape index (κ1) is 18.1. The fourth-order valence-electron chi connectivity index (χ4n) is 3.36. The maximum Gasteiger partial charge on any atom is 0.255 e. The number of piperidine rings is 1. The molecule has 0 aromatic heterocycles. The third kappa shape index (κ3) is 4.29. The van der Waals surface area contributed by atoms with E-state index in [9.17, 15) is 9.59 Å². The number of carbonyl (C=O) groups excluding carboxylic acids is 2. The van der Waals surface area contributed by atoms with Gasteiger partial charge in [0.05, 0.1) is 11.3 Å². The van der Waals surface area contributed by atoms with Crippen LogP contribution in [0, 0.1) is 5.92 Å². The second-order valence-corrected chi connectivity index (χ2v) is 6.66. The SMILES string of the molecule is CNCC1CCN(C(=O)c2ccccc2NC(=O)c2ccccc2)CC1. The molecule has 2 N–H and O–H groups in total. The van der Waals surface area contributed by atoms with Crippen LogP contribution in [0.5, 0.6) is 0 Å². The summed E-state index contributed by atoms with van der Waals surface area (Å²) in [6.07, 6.45) is 2.01. The van der Waals surface area contributed by atoms with Gasteiger partial charge in [0.15, 0.2) is 0 Å². The van der Waals surface area contributed by atoms with Gasteiger partial charge >= 0.3 is 0 Å². The summed E-state index contributed by atoms with van der Waals surface area (Å²) in [7, 11) is 1.96. The second kappa shape index (κ2) is 8.63. The number of para-hydroxylation sites is 1. The molecule has 5 heteroatoms. The second-order valence-electron chi connectivity index (χ2n) is 6.66. The van der Waals surface area contributed by atoms with Crippen molar-refractivity contribution in [2.24, 2.45) is 5.92 Å². The Kier molecular flexibility index (Phi) is 6.02. The van der Waals surface area contributed by atoms with Gasteiger partial charge in [0, 0.05) is 18.7 Å². The standard InChI is InChI=1S/C21H25N3O2/c1-22-15-16-11-13-24(14-12-16)21(26)18-9-5-6-10-19(18)23-20(25)17-7-3-2-4-8-17/h2-10,16,22H,11-15H2,1H3,(H,23,25). The van der Waals surface area contributed by atoms with Crippen molar-refractivity contribution >= 4 is 17.5 Å². The number of anilines is 1. The summed E-state index contributed by atoms with van der Waals surface area (Å²) in [5.74, 6) is 0.396. The first-order valence-electron chi connectivity index (χ1n) is 9.08. The van der Waals surface area contributed by atoms with E-state index in [2.05, 4.69) is 10.6 Å². The predicted octanol–water partition coefficient (Wildman–Crippen LogP) is 3.01. The Labute approximate surface area is 154 Å². The van der Waals surface area contributed by atoms with E-state index in [1.807, 2.05) is 42.3 Å². The van der Waals surface area contributed by atoms with Crippen LogP contribution < -0.4 is 10.6 Å². The molecule has 5 nitrogen and oxygen atoms in total. The van der Waals surface area contributed by atoms with Gasteiger partial charge < -0.3 is 15.5 Å². The molecule has 1 fully saturated rings. The largest absolute Gasteiger partial charge is 0.339 e. The van der Waals surface area contributed by atoms with Crippen molar-refractivity contribution in [3.8, 4) is 0 Å². The summed E-state index contributed by atoms with van der Waals surface area (Å²) in [5.41, 5.74) is 1.68. The van der Waals surface area contributed by atoms with Gasteiger partial charge in [0.25, 0.3) is 11.8 Å². The lowest BCUT2D eigenvalue weighted by molar-refractivity contribution is 0.0692. The lowest BCUT2D eigenvalue weighted by Gasteiger charge is -2.32. The van der Waals surface area contributed by atoms with E-state index in [4.69, 9.17) is 0 Å². The smallest absolute Gasteiger partial charge is 0.255 e. The molecule has 1 aliphatic rings. The van der Waals surface area contributed by atoms with Crippen LogP contribution in [0.4, 0.5) is 5.69 Å². The fourth-order valence-corrected chi connectivity index (χ4v) is 3.36. The van der Waals surface area contributed by atoms with E-state index in [1.54, 1.807) is 24.3 Å². The van der Waals surface area contributed by atoms with Crippen molar-refractivity contribution in [3.05, 3.63) is 65.7 Å². The molecule has 2 amide bonds. The average Bonchev–Trinajstić information content (AvgIpc) is 2.69. The lowest BCUT2D eigenvalue weighted by atomic mass is 9.96. The summed E-state index contributed by atoms with van der Waals surface area (Å²) in [6.45, 7) is 2.50. The van der Waals surface area contributed by atoms with Crippen LogP contribution in [0.25, 0.3) is 0 Å². The molecular formula is C21H25N3O2. The number of likely N-dealkylation sites (tertiary alicyclic amines) is 1. The highest BCUT2D eigenvalue weighted by Gasteiger charge is 2.25.